The molecule has 120 valence electrons. The fraction of sp³-hybridized carbons (Fsp3) is 0.200. The Labute approximate surface area is 140 Å². The summed E-state index contributed by atoms with van der Waals surface area (Å²) < 4.78 is 3.85. The molecule has 0 saturated heterocycles. The average molecular weight is 317 g/mol. The molecule has 0 spiro atoms. The Morgan fingerprint density at radius 3 is 2.46 bits per heavy atom. The number of hydrogen-bond acceptors (Lipinski definition) is 2. The van der Waals surface area contributed by atoms with Crippen molar-refractivity contribution in [1.29, 1.82) is 0 Å². The molecule has 0 aliphatic heterocycles. The number of rotatable bonds is 3. The van der Waals surface area contributed by atoms with Crippen LogP contribution >= 0.6 is 0 Å². The van der Waals surface area contributed by atoms with E-state index in [1.54, 1.807) is 10.5 Å². The van der Waals surface area contributed by atoms with Gasteiger partial charge in [0.05, 0.1) is 17.6 Å². The van der Waals surface area contributed by atoms with Gasteiger partial charge in [-0.25, -0.2) is 9.38 Å². The third-order valence-corrected chi connectivity index (χ3v) is 4.56. The van der Waals surface area contributed by atoms with Crippen LogP contribution in [-0.4, -0.2) is 14.0 Å². The van der Waals surface area contributed by atoms with E-state index in [1.807, 2.05) is 43.3 Å². The van der Waals surface area contributed by atoms with Crippen LogP contribution in [0.4, 0.5) is 0 Å². The van der Waals surface area contributed by atoms with Crippen molar-refractivity contribution < 1.29 is 0 Å². The van der Waals surface area contributed by atoms with Crippen LogP contribution in [0, 0.1) is 6.92 Å². The molecule has 2 heterocycles. The van der Waals surface area contributed by atoms with Crippen LogP contribution in [0.1, 0.15) is 23.7 Å². The van der Waals surface area contributed by atoms with E-state index in [4.69, 9.17) is 4.98 Å². The first-order valence-corrected chi connectivity index (χ1v) is 8.23. The molecule has 0 amide bonds. The molecule has 4 heteroatoms. The molecule has 0 aliphatic rings. The monoisotopic (exact) mass is 317 g/mol. The number of nitrogens with zero attached hydrogens (tertiary/aromatic N) is 3. The Balaban J connectivity index is 2.07. The van der Waals surface area contributed by atoms with Crippen LogP contribution in [0.15, 0.2) is 59.4 Å². The summed E-state index contributed by atoms with van der Waals surface area (Å²) in [5, 5.41) is 0. The van der Waals surface area contributed by atoms with Crippen molar-refractivity contribution in [2.24, 2.45) is 0 Å². The highest BCUT2D eigenvalue weighted by Crippen LogP contribution is 2.21. The van der Waals surface area contributed by atoms with Gasteiger partial charge in [-0.05, 0) is 36.6 Å². The molecule has 4 rings (SSSR count). The maximum absolute atomic E-state index is 12.6. The quantitative estimate of drug-likeness (QED) is 0.579. The predicted octanol–water partition coefficient (Wildman–Crippen LogP) is 3.57. The van der Waals surface area contributed by atoms with Crippen molar-refractivity contribution in [2.75, 3.05) is 0 Å². The molecule has 2 aromatic carbocycles. The molecule has 0 saturated carbocycles. The lowest BCUT2D eigenvalue weighted by molar-refractivity contribution is 0.818. The molecule has 2 aromatic heterocycles. The number of aromatic nitrogens is 3. The van der Waals surface area contributed by atoms with Crippen LogP contribution < -0.4 is 5.56 Å². The second-order valence-corrected chi connectivity index (χ2v) is 6.08. The number of fused-ring (bicyclic) bond motifs is 3. The minimum Gasteiger partial charge on any atom is -0.305 e. The molecular formula is C20H19N3O. The summed E-state index contributed by atoms with van der Waals surface area (Å²) >= 11 is 0. The van der Waals surface area contributed by atoms with Gasteiger partial charge in [0, 0.05) is 11.8 Å². The average Bonchev–Trinajstić information content (AvgIpc) is 2.91. The van der Waals surface area contributed by atoms with E-state index in [9.17, 15) is 4.79 Å². The minimum absolute atomic E-state index is 0.0171. The summed E-state index contributed by atoms with van der Waals surface area (Å²) in [6, 6.07) is 18.0. The number of benzene rings is 2. The van der Waals surface area contributed by atoms with Crippen molar-refractivity contribution >= 4 is 16.8 Å². The molecule has 0 aliphatic carbocycles. The molecule has 0 atom stereocenters. The molecule has 0 N–H and O–H groups in total. The fourth-order valence-corrected chi connectivity index (χ4v) is 3.21. The van der Waals surface area contributed by atoms with Crippen LogP contribution in [-0.2, 0) is 13.0 Å². The first-order valence-electron chi connectivity index (χ1n) is 8.23. The number of aryl methyl sites for hydroxylation is 2. The topological polar surface area (TPSA) is 39.3 Å². The van der Waals surface area contributed by atoms with Crippen molar-refractivity contribution in [2.45, 2.75) is 26.8 Å². The van der Waals surface area contributed by atoms with Gasteiger partial charge < -0.3 is 4.57 Å². The molecule has 0 radical (unpaired) electrons. The number of para-hydroxylation sites is 2. The van der Waals surface area contributed by atoms with Gasteiger partial charge in [0.25, 0.3) is 5.56 Å². The van der Waals surface area contributed by atoms with Gasteiger partial charge in [-0.3, -0.25) is 4.79 Å². The maximum atomic E-state index is 12.6. The van der Waals surface area contributed by atoms with Crippen LogP contribution in [0.5, 0.6) is 0 Å². The van der Waals surface area contributed by atoms with E-state index in [0.29, 0.717) is 12.3 Å². The first-order chi connectivity index (χ1) is 11.7. The third kappa shape index (κ3) is 2.22. The highest BCUT2D eigenvalue weighted by Gasteiger charge is 2.14. The minimum atomic E-state index is -0.0171. The zero-order chi connectivity index (χ0) is 16.7. The third-order valence-electron chi connectivity index (χ3n) is 4.56. The molecular weight excluding hydrogens is 298 g/mol. The standard InChI is InChI=1S/C20H19N3O/c1-3-16-12-19(24)23-18-11-7-6-10-17(18)22(20(23)21-16)13-15-9-5-4-8-14(15)2/h4-12H,3,13H2,1-2H3. The number of imidazole rings is 1. The van der Waals surface area contributed by atoms with Gasteiger partial charge in [0.15, 0.2) is 0 Å². The molecule has 24 heavy (non-hydrogen) atoms. The SMILES string of the molecule is CCc1cc(=O)n2c3ccccc3n(Cc3ccccc3C)c2n1. The van der Waals surface area contributed by atoms with E-state index in [2.05, 4.69) is 23.6 Å². The zero-order valence-corrected chi connectivity index (χ0v) is 13.9. The van der Waals surface area contributed by atoms with Gasteiger partial charge >= 0.3 is 0 Å². The Kier molecular flexibility index (Phi) is 3.45. The van der Waals surface area contributed by atoms with Crippen molar-refractivity contribution in [3.8, 4) is 0 Å². The zero-order valence-electron chi connectivity index (χ0n) is 13.9. The Morgan fingerprint density at radius 1 is 1.00 bits per heavy atom. The smallest absolute Gasteiger partial charge is 0.259 e. The summed E-state index contributed by atoms with van der Waals surface area (Å²) in [7, 11) is 0. The van der Waals surface area contributed by atoms with E-state index in [0.717, 1.165) is 23.1 Å². The van der Waals surface area contributed by atoms with Crippen LogP contribution in [0.3, 0.4) is 0 Å². The van der Waals surface area contributed by atoms with E-state index in [1.165, 1.54) is 11.1 Å². The summed E-state index contributed by atoms with van der Waals surface area (Å²) in [4.78, 5) is 17.4. The molecule has 0 unspecified atom stereocenters. The summed E-state index contributed by atoms with van der Waals surface area (Å²) in [5.41, 5.74) is 5.21. The fourth-order valence-electron chi connectivity index (χ4n) is 3.21. The lowest BCUT2D eigenvalue weighted by Crippen LogP contribution is -2.16. The predicted molar refractivity (Wildman–Crippen MR) is 96.6 cm³/mol. The van der Waals surface area contributed by atoms with Crippen molar-refractivity contribution in [3.05, 3.63) is 81.8 Å². The highest BCUT2D eigenvalue weighted by atomic mass is 16.1. The molecule has 0 bridgehead atoms. The molecule has 0 fully saturated rings. The summed E-state index contributed by atoms with van der Waals surface area (Å²) in [6.45, 7) is 4.83. The van der Waals surface area contributed by atoms with Gasteiger partial charge in [-0.15, -0.1) is 0 Å². The van der Waals surface area contributed by atoms with E-state index >= 15 is 0 Å². The van der Waals surface area contributed by atoms with Gasteiger partial charge in [-0.2, -0.15) is 0 Å². The lowest BCUT2D eigenvalue weighted by atomic mass is 10.1. The number of hydrogen-bond donors (Lipinski definition) is 0. The summed E-state index contributed by atoms with van der Waals surface area (Å²) in [5.74, 6) is 0.712. The lowest BCUT2D eigenvalue weighted by Gasteiger charge is -2.09. The van der Waals surface area contributed by atoms with E-state index in [-0.39, 0.29) is 5.56 Å². The highest BCUT2D eigenvalue weighted by molar-refractivity contribution is 5.80. The second-order valence-electron chi connectivity index (χ2n) is 6.08. The summed E-state index contributed by atoms with van der Waals surface area (Å²) in [6.07, 6.45) is 0.748. The van der Waals surface area contributed by atoms with Gasteiger partial charge in [0.1, 0.15) is 0 Å². The molecule has 4 aromatic rings. The Bertz CT molecular complexity index is 1100. The molecule has 4 nitrogen and oxygen atoms in total. The normalized spacial score (nSPS) is 11.4. The maximum Gasteiger partial charge on any atom is 0.259 e. The Hall–Kier alpha value is -2.88. The van der Waals surface area contributed by atoms with Gasteiger partial charge in [0.2, 0.25) is 5.78 Å². The van der Waals surface area contributed by atoms with Gasteiger partial charge in [-0.1, -0.05) is 43.3 Å². The van der Waals surface area contributed by atoms with Crippen LogP contribution in [0.25, 0.3) is 16.8 Å². The van der Waals surface area contributed by atoms with Crippen LogP contribution in [0.2, 0.25) is 0 Å². The first kappa shape index (κ1) is 14.7. The second kappa shape index (κ2) is 5.64. The van der Waals surface area contributed by atoms with E-state index < -0.39 is 0 Å². The Morgan fingerprint density at radius 2 is 1.71 bits per heavy atom. The van der Waals surface area contributed by atoms with Crippen molar-refractivity contribution in [1.82, 2.24) is 14.0 Å². The largest absolute Gasteiger partial charge is 0.305 e. The van der Waals surface area contributed by atoms with Crippen molar-refractivity contribution in [3.63, 3.8) is 0 Å².